The van der Waals surface area contributed by atoms with Crippen LogP contribution in [-0.2, 0) is 18.0 Å². The van der Waals surface area contributed by atoms with Gasteiger partial charge in [0, 0.05) is 32.0 Å². The summed E-state index contributed by atoms with van der Waals surface area (Å²) >= 11 is 0. The lowest BCUT2D eigenvalue weighted by Gasteiger charge is -2.33. The Balaban J connectivity index is 0.000000479. The Labute approximate surface area is 202 Å². The molecule has 1 amide bonds. The largest absolute Gasteiger partial charge is 0.490 e. The standard InChI is InChI=1S/C17H18F4N8O.C2HF3O2/c1-27-8-12(14(26-27)17(19,20)21)24-16(30)11-5-23-29-3-2-13(25-15(11)29)28-6-9(18)4-10(22)7-28;3-2(4,5)1(6)7/h2-3,5,8-10H,4,6-7,22H2,1H3,(H,24,30);(H,6,7)/t9-,10+;/m1./s1. The van der Waals surface area contributed by atoms with Crippen LogP contribution < -0.4 is 16.0 Å². The minimum atomic E-state index is -5.08. The molecule has 4 N–H and O–H groups in total. The van der Waals surface area contributed by atoms with Crippen molar-refractivity contribution in [3.63, 3.8) is 0 Å². The number of fused-ring (bicyclic) bond motifs is 1. The third-order valence-electron chi connectivity index (χ3n) is 4.94. The maximum absolute atomic E-state index is 13.9. The van der Waals surface area contributed by atoms with Gasteiger partial charge in [0.05, 0.1) is 18.4 Å². The Morgan fingerprint density at radius 1 is 1.19 bits per heavy atom. The molecule has 0 aliphatic carbocycles. The number of alkyl halides is 7. The number of carboxylic acid groups (broad SMARTS) is 1. The fourth-order valence-electron chi connectivity index (χ4n) is 3.44. The first-order chi connectivity index (χ1) is 17.1. The van der Waals surface area contributed by atoms with Crippen LogP contribution in [0.25, 0.3) is 5.65 Å². The number of carboxylic acids is 1. The molecule has 1 saturated heterocycles. The average molecular weight is 540 g/mol. The van der Waals surface area contributed by atoms with Crippen molar-refractivity contribution in [1.29, 1.82) is 0 Å². The second-order valence-electron chi connectivity index (χ2n) is 7.93. The molecule has 0 spiro atoms. The second kappa shape index (κ2) is 10.2. The highest BCUT2D eigenvalue weighted by molar-refractivity contribution is 6.08. The molecule has 37 heavy (non-hydrogen) atoms. The molecule has 0 bridgehead atoms. The molecule has 0 saturated carbocycles. The Hall–Kier alpha value is -3.96. The number of nitrogens with one attached hydrogen (secondary N) is 1. The van der Waals surface area contributed by atoms with Gasteiger partial charge in [0.15, 0.2) is 11.3 Å². The van der Waals surface area contributed by atoms with Gasteiger partial charge < -0.3 is 21.1 Å². The highest BCUT2D eigenvalue weighted by Crippen LogP contribution is 2.33. The molecule has 1 fully saturated rings. The van der Waals surface area contributed by atoms with Crippen molar-refractivity contribution in [3.05, 3.63) is 35.9 Å². The van der Waals surface area contributed by atoms with Crippen molar-refractivity contribution in [1.82, 2.24) is 24.4 Å². The lowest BCUT2D eigenvalue weighted by molar-refractivity contribution is -0.192. The van der Waals surface area contributed by atoms with Crippen LogP contribution in [0.2, 0.25) is 0 Å². The number of rotatable bonds is 3. The highest BCUT2D eigenvalue weighted by atomic mass is 19.4. The van der Waals surface area contributed by atoms with Gasteiger partial charge in [-0.15, -0.1) is 0 Å². The predicted octanol–water partition coefficient (Wildman–Crippen LogP) is 2.24. The Morgan fingerprint density at radius 2 is 1.84 bits per heavy atom. The van der Waals surface area contributed by atoms with Crippen molar-refractivity contribution in [3.8, 4) is 0 Å². The van der Waals surface area contributed by atoms with Gasteiger partial charge in [-0.1, -0.05) is 0 Å². The number of aromatic nitrogens is 5. The minimum Gasteiger partial charge on any atom is -0.475 e. The van der Waals surface area contributed by atoms with E-state index in [2.05, 4.69) is 20.5 Å². The molecule has 1 aliphatic heterocycles. The lowest BCUT2D eigenvalue weighted by atomic mass is 10.1. The average Bonchev–Trinajstić information content (AvgIpc) is 3.35. The first kappa shape index (κ1) is 27.6. The van der Waals surface area contributed by atoms with E-state index in [1.807, 2.05) is 0 Å². The van der Waals surface area contributed by atoms with E-state index in [1.54, 1.807) is 11.0 Å². The molecule has 3 aromatic heterocycles. The normalized spacial score (nSPS) is 18.4. The minimum absolute atomic E-state index is 0.0352. The molecule has 0 unspecified atom stereocenters. The van der Waals surface area contributed by atoms with Gasteiger partial charge in [0.1, 0.15) is 17.6 Å². The van der Waals surface area contributed by atoms with Gasteiger partial charge >= 0.3 is 18.3 Å². The van der Waals surface area contributed by atoms with Crippen LogP contribution in [-0.4, -0.2) is 72.8 Å². The van der Waals surface area contributed by atoms with E-state index in [4.69, 9.17) is 15.6 Å². The zero-order valence-electron chi connectivity index (χ0n) is 18.8. The van der Waals surface area contributed by atoms with Crippen LogP contribution in [0.15, 0.2) is 24.7 Å². The zero-order valence-corrected chi connectivity index (χ0v) is 18.8. The van der Waals surface area contributed by atoms with E-state index < -0.39 is 41.8 Å². The molecule has 202 valence electrons. The summed E-state index contributed by atoms with van der Waals surface area (Å²) in [4.78, 5) is 27.6. The number of carbonyl (C=O) groups is 2. The van der Waals surface area contributed by atoms with Crippen molar-refractivity contribution >= 4 is 29.0 Å². The number of piperidine rings is 1. The van der Waals surface area contributed by atoms with E-state index in [0.29, 0.717) is 12.4 Å². The van der Waals surface area contributed by atoms with Crippen molar-refractivity contribution in [2.45, 2.75) is 31.0 Å². The number of nitrogens with zero attached hydrogens (tertiary/aromatic N) is 6. The SMILES string of the molecule is Cn1cc(NC(=O)c2cnn3ccc(N4C[C@@H](N)C[C@@H](F)C4)nc23)c(C(F)(F)F)n1.O=C(O)C(F)(F)F. The molecule has 11 nitrogen and oxygen atoms in total. The summed E-state index contributed by atoms with van der Waals surface area (Å²) in [5.74, 6) is -3.19. The van der Waals surface area contributed by atoms with Gasteiger partial charge in [-0.2, -0.15) is 36.5 Å². The summed E-state index contributed by atoms with van der Waals surface area (Å²) in [6.45, 7) is 0.501. The maximum atomic E-state index is 13.9. The van der Waals surface area contributed by atoms with Gasteiger partial charge in [0.2, 0.25) is 0 Å². The number of hydrogen-bond acceptors (Lipinski definition) is 7. The Bertz CT molecular complexity index is 1280. The number of nitrogens with two attached hydrogens (primary N) is 1. The Morgan fingerprint density at radius 3 is 2.41 bits per heavy atom. The van der Waals surface area contributed by atoms with Crippen LogP contribution in [0.5, 0.6) is 0 Å². The van der Waals surface area contributed by atoms with E-state index in [1.165, 1.54) is 24.0 Å². The first-order valence-corrected chi connectivity index (χ1v) is 10.3. The van der Waals surface area contributed by atoms with Crippen LogP contribution in [0.4, 0.5) is 42.2 Å². The molecule has 0 radical (unpaired) electrons. The zero-order chi connectivity index (χ0) is 27.7. The van der Waals surface area contributed by atoms with Crippen LogP contribution in [0.1, 0.15) is 22.5 Å². The summed E-state index contributed by atoms with van der Waals surface area (Å²) in [6.07, 6.45) is -6.87. The molecular formula is C19H19F7N8O3. The van der Waals surface area contributed by atoms with Gasteiger partial charge in [0.25, 0.3) is 5.91 Å². The van der Waals surface area contributed by atoms with Crippen molar-refractivity contribution in [2.24, 2.45) is 12.8 Å². The molecule has 0 aromatic carbocycles. The van der Waals surface area contributed by atoms with E-state index in [9.17, 15) is 35.5 Å². The number of aryl methyl sites for hydroxylation is 1. The molecular weight excluding hydrogens is 521 g/mol. The highest BCUT2D eigenvalue weighted by Gasteiger charge is 2.39. The number of aliphatic carboxylic acids is 1. The van der Waals surface area contributed by atoms with E-state index in [-0.39, 0.29) is 30.2 Å². The first-order valence-electron chi connectivity index (χ1n) is 10.3. The summed E-state index contributed by atoms with van der Waals surface area (Å²) in [5, 5.41) is 16.7. The molecule has 18 heteroatoms. The maximum Gasteiger partial charge on any atom is 0.490 e. The molecule has 1 aliphatic rings. The predicted molar refractivity (Wildman–Crippen MR) is 113 cm³/mol. The fourth-order valence-corrected chi connectivity index (χ4v) is 3.44. The molecule has 3 aromatic rings. The molecule has 2 atom stereocenters. The molecule has 4 rings (SSSR count). The third-order valence-corrected chi connectivity index (χ3v) is 4.94. The van der Waals surface area contributed by atoms with E-state index in [0.717, 1.165) is 10.9 Å². The quantitative estimate of drug-likeness (QED) is 0.430. The number of amides is 1. The van der Waals surface area contributed by atoms with E-state index >= 15 is 0 Å². The van der Waals surface area contributed by atoms with Crippen LogP contribution in [0.3, 0.4) is 0 Å². The number of carbonyl (C=O) groups excluding carboxylic acids is 1. The summed E-state index contributed by atoms with van der Waals surface area (Å²) in [6, 6.07) is 1.25. The van der Waals surface area contributed by atoms with Crippen molar-refractivity contribution < 1.29 is 45.4 Å². The third kappa shape index (κ3) is 6.63. The van der Waals surface area contributed by atoms with Crippen molar-refractivity contribution in [2.75, 3.05) is 23.3 Å². The van der Waals surface area contributed by atoms with Gasteiger partial charge in [-0.3, -0.25) is 9.48 Å². The van der Waals surface area contributed by atoms with Crippen LogP contribution in [0, 0.1) is 0 Å². The topological polar surface area (TPSA) is 144 Å². The number of hydrogen-bond donors (Lipinski definition) is 3. The molecule has 4 heterocycles. The smallest absolute Gasteiger partial charge is 0.475 e. The summed E-state index contributed by atoms with van der Waals surface area (Å²) < 4.78 is 87.3. The van der Waals surface area contributed by atoms with Crippen LogP contribution >= 0.6 is 0 Å². The van der Waals surface area contributed by atoms with Gasteiger partial charge in [-0.25, -0.2) is 18.7 Å². The summed E-state index contributed by atoms with van der Waals surface area (Å²) in [5.41, 5.74) is 4.27. The number of halogens is 7. The fraction of sp³-hybridized carbons (Fsp3) is 0.421. The van der Waals surface area contributed by atoms with Gasteiger partial charge in [-0.05, 0) is 12.5 Å². The second-order valence-corrected chi connectivity index (χ2v) is 7.93. The lowest BCUT2D eigenvalue weighted by Crippen LogP contribution is -2.48. The monoisotopic (exact) mass is 540 g/mol. The number of anilines is 2. The summed E-state index contributed by atoms with van der Waals surface area (Å²) in [7, 11) is 1.31. The Kier molecular flexibility index (Phi) is 7.61.